The van der Waals surface area contributed by atoms with E-state index in [9.17, 15) is 9.90 Å². The van der Waals surface area contributed by atoms with Gasteiger partial charge in [-0.2, -0.15) is 0 Å². The Morgan fingerprint density at radius 1 is 1.00 bits per heavy atom. The van der Waals surface area contributed by atoms with Gasteiger partial charge in [-0.3, -0.25) is 14.8 Å². The van der Waals surface area contributed by atoms with Crippen LogP contribution < -0.4 is 5.43 Å². The third-order valence-electron chi connectivity index (χ3n) is 3.50. The van der Waals surface area contributed by atoms with Gasteiger partial charge in [0.25, 0.3) is 0 Å². The van der Waals surface area contributed by atoms with Crippen LogP contribution in [0.4, 0.5) is 0 Å². The summed E-state index contributed by atoms with van der Waals surface area (Å²) in [4.78, 5) is 21.0. The van der Waals surface area contributed by atoms with Crippen LogP contribution >= 0.6 is 0 Å². The predicted molar refractivity (Wildman–Crippen MR) is 82.7 cm³/mol. The van der Waals surface area contributed by atoms with E-state index in [2.05, 4.69) is 9.97 Å². The molecule has 0 unspecified atom stereocenters. The second-order valence-corrected chi connectivity index (χ2v) is 4.92. The highest BCUT2D eigenvalue weighted by atomic mass is 16.3. The molecule has 5 nitrogen and oxygen atoms in total. The summed E-state index contributed by atoms with van der Waals surface area (Å²) in [5, 5.41) is 10.3. The second kappa shape index (κ2) is 4.66. The van der Waals surface area contributed by atoms with E-state index in [0.717, 1.165) is 5.56 Å². The minimum absolute atomic E-state index is 0.0284. The summed E-state index contributed by atoms with van der Waals surface area (Å²) in [5.74, 6) is 0.0284. The number of phenolic OH excluding ortho intramolecular Hbond substituents is 1. The first-order valence-electron chi connectivity index (χ1n) is 6.68. The third-order valence-corrected chi connectivity index (χ3v) is 3.50. The summed E-state index contributed by atoms with van der Waals surface area (Å²) in [5.41, 5.74) is 2.11. The Bertz CT molecular complexity index is 1060. The topological polar surface area (TPSA) is 76.2 Å². The van der Waals surface area contributed by atoms with Crippen molar-refractivity contribution in [3.63, 3.8) is 0 Å². The fourth-order valence-corrected chi connectivity index (χ4v) is 2.42. The van der Waals surface area contributed by atoms with Crippen molar-refractivity contribution in [1.29, 1.82) is 0 Å². The van der Waals surface area contributed by atoms with Crippen LogP contribution in [0.2, 0.25) is 0 Å². The monoisotopic (exact) mass is 290 g/mol. The van der Waals surface area contributed by atoms with Crippen LogP contribution in [0.15, 0.2) is 64.2 Å². The van der Waals surface area contributed by atoms with Crippen LogP contribution in [0.25, 0.3) is 33.2 Å². The van der Waals surface area contributed by atoms with Crippen molar-refractivity contribution in [2.24, 2.45) is 0 Å². The Morgan fingerprint density at radius 2 is 1.86 bits per heavy atom. The first-order chi connectivity index (χ1) is 10.7. The molecule has 5 heteroatoms. The van der Waals surface area contributed by atoms with Gasteiger partial charge < -0.3 is 9.52 Å². The molecule has 0 saturated heterocycles. The molecule has 0 fully saturated rings. The van der Waals surface area contributed by atoms with Gasteiger partial charge in [-0.05, 0) is 36.4 Å². The number of hydrogen-bond acceptors (Lipinski definition) is 5. The normalized spacial score (nSPS) is 11.1. The van der Waals surface area contributed by atoms with Crippen LogP contribution in [0, 0.1) is 0 Å². The minimum Gasteiger partial charge on any atom is -0.508 e. The zero-order valence-electron chi connectivity index (χ0n) is 11.4. The van der Waals surface area contributed by atoms with Crippen molar-refractivity contribution in [3.05, 3.63) is 65.2 Å². The largest absolute Gasteiger partial charge is 0.508 e. The van der Waals surface area contributed by atoms with Crippen molar-refractivity contribution in [1.82, 2.24) is 9.97 Å². The van der Waals surface area contributed by atoms with Gasteiger partial charge in [-0.25, -0.2) is 0 Å². The SMILES string of the molecule is O=c1c2cc(O)ccc2oc2cnc(-c3cccnc3)cc12. The van der Waals surface area contributed by atoms with Crippen LogP contribution in [0.3, 0.4) is 0 Å². The van der Waals surface area contributed by atoms with Gasteiger partial charge in [0.2, 0.25) is 5.43 Å². The van der Waals surface area contributed by atoms with Crippen molar-refractivity contribution < 1.29 is 9.52 Å². The Balaban J connectivity index is 2.05. The number of rotatable bonds is 1. The second-order valence-electron chi connectivity index (χ2n) is 4.92. The smallest absolute Gasteiger partial charge is 0.200 e. The van der Waals surface area contributed by atoms with Crippen molar-refractivity contribution in [3.8, 4) is 17.0 Å². The molecule has 0 amide bonds. The van der Waals surface area contributed by atoms with Crippen molar-refractivity contribution >= 4 is 21.9 Å². The molecule has 0 bridgehead atoms. The zero-order chi connectivity index (χ0) is 15.1. The molecule has 0 aliphatic carbocycles. The van der Waals surface area contributed by atoms with E-state index < -0.39 is 0 Å². The van der Waals surface area contributed by atoms with E-state index >= 15 is 0 Å². The minimum atomic E-state index is -0.195. The average Bonchev–Trinajstić information content (AvgIpc) is 2.56. The summed E-state index contributed by atoms with van der Waals surface area (Å²) in [6.45, 7) is 0. The lowest BCUT2D eigenvalue weighted by atomic mass is 10.1. The molecule has 1 aromatic carbocycles. The van der Waals surface area contributed by atoms with Gasteiger partial charge >= 0.3 is 0 Å². The first-order valence-corrected chi connectivity index (χ1v) is 6.68. The highest BCUT2D eigenvalue weighted by Crippen LogP contribution is 2.24. The Hall–Kier alpha value is -3.21. The predicted octanol–water partition coefficient (Wildman–Crippen LogP) is 3.11. The Labute approximate surface area is 124 Å². The average molecular weight is 290 g/mol. The zero-order valence-corrected chi connectivity index (χ0v) is 11.4. The summed E-state index contributed by atoms with van der Waals surface area (Å²) in [6, 6.07) is 9.82. The maximum Gasteiger partial charge on any atom is 0.200 e. The number of pyridine rings is 2. The van der Waals surface area contributed by atoms with Crippen LogP contribution in [0.1, 0.15) is 0 Å². The van der Waals surface area contributed by atoms with E-state index in [-0.39, 0.29) is 11.2 Å². The molecule has 0 saturated carbocycles. The van der Waals surface area contributed by atoms with E-state index in [1.54, 1.807) is 24.5 Å². The number of hydrogen-bond donors (Lipinski definition) is 1. The molecule has 106 valence electrons. The lowest BCUT2D eigenvalue weighted by molar-refractivity contribution is 0.475. The van der Waals surface area contributed by atoms with Gasteiger partial charge in [0, 0.05) is 18.0 Å². The lowest BCUT2D eigenvalue weighted by Gasteiger charge is -2.04. The maximum absolute atomic E-state index is 12.6. The number of fused-ring (bicyclic) bond motifs is 2. The number of phenols is 1. The summed E-state index contributed by atoms with van der Waals surface area (Å²) >= 11 is 0. The molecule has 3 heterocycles. The molecule has 4 aromatic rings. The fourth-order valence-electron chi connectivity index (χ4n) is 2.42. The van der Waals surface area contributed by atoms with Crippen LogP contribution in [-0.2, 0) is 0 Å². The molecule has 4 rings (SSSR count). The molecule has 0 aliphatic heterocycles. The van der Waals surface area contributed by atoms with Crippen LogP contribution in [-0.4, -0.2) is 15.1 Å². The van der Waals surface area contributed by atoms with E-state index in [4.69, 9.17) is 4.42 Å². The van der Waals surface area contributed by atoms with Gasteiger partial charge in [0.05, 0.1) is 22.7 Å². The molecule has 3 aromatic heterocycles. The standard InChI is InChI=1S/C17H10N2O3/c20-11-3-4-15-12(6-11)17(21)13-7-14(19-9-16(13)22-15)10-2-1-5-18-8-10/h1-9,20H. The van der Waals surface area contributed by atoms with Crippen molar-refractivity contribution in [2.45, 2.75) is 0 Å². The lowest BCUT2D eigenvalue weighted by Crippen LogP contribution is -2.02. The first kappa shape index (κ1) is 12.5. The molecular formula is C17H10N2O3. The highest BCUT2D eigenvalue weighted by Gasteiger charge is 2.10. The van der Waals surface area contributed by atoms with Crippen molar-refractivity contribution in [2.75, 3.05) is 0 Å². The summed E-state index contributed by atoms with van der Waals surface area (Å²) in [7, 11) is 0. The highest BCUT2D eigenvalue weighted by molar-refractivity contribution is 5.91. The summed E-state index contributed by atoms with van der Waals surface area (Å²) < 4.78 is 5.68. The number of benzene rings is 1. The molecule has 0 spiro atoms. The Morgan fingerprint density at radius 3 is 2.68 bits per heavy atom. The van der Waals surface area contributed by atoms with E-state index in [1.165, 1.54) is 18.3 Å². The molecule has 0 atom stereocenters. The number of aromatic nitrogens is 2. The van der Waals surface area contributed by atoms with Gasteiger partial charge in [-0.1, -0.05) is 0 Å². The fraction of sp³-hybridized carbons (Fsp3) is 0. The van der Waals surface area contributed by atoms with Gasteiger partial charge in [0.15, 0.2) is 5.58 Å². The molecular weight excluding hydrogens is 280 g/mol. The van der Waals surface area contributed by atoms with Gasteiger partial charge in [0.1, 0.15) is 11.3 Å². The summed E-state index contributed by atoms with van der Waals surface area (Å²) in [6.07, 6.45) is 4.89. The molecule has 22 heavy (non-hydrogen) atoms. The van der Waals surface area contributed by atoms with Crippen LogP contribution in [0.5, 0.6) is 5.75 Å². The molecule has 0 radical (unpaired) electrons. The third kappa shape index (κ3) is 1.91. The van der Waals surface area contributed by atoms with E-state index in [1.807, 2.05) is 12.1 Å². The molecule has 0 aliphatic rings. The Kier molecular flexibility index (Phi) is 2.66. The number of nitrogens with zero attached hydrogens (tertiary/aromatic N) is 2. The van der Waals surface area contributed by atoms with E-state index in [0.29, 0.717) is 27.6 Å². The molecule has 1 N–H and O–H groups in total. The van der Waals surface area contributed by atoms with Gasteiger partial charge in [-0.15, -0.1) is 0 Å². The quantitative estimate of drug-likeness (QED) is 0.545. The number of aromatic hydroxyl groups is 1. The maximum atomic E-state index is 12.6.